The molecule has 0 saturated carbocycles. The minimum atomic E-state index is -0.230. The number of hydrogen-bond donors (Lipinski definition) is 2. The molecule has 2 atom stereocenters. The van der Waals surface area contributed by atoms with Gasteiger partial charge in [-0.25, -0.2) is 4.79 Å². The lowest BCUT2D eigenvalue weighted by Crippen LogP contribution is -2.42. The third-order valence-corrected chi connectivity index (χ3v) is 4.12. The standard InChI is InChI=1S/C19H23N3O3/c1-14(18-5-3-11-24-18)21-19(23)22-16-6-8-17(9-7-16)25-13-15-4-2-10-20-12-15/h2,4,6-10,12,14,18H,3,5,11,13H2,1H3,(H2,21,22,23). The monoisotopic (exact) mass is 341 g/mol. The molecule has 1 aromatic heterocycles. The summed E-state index contributed by atoms with van der Waals surface area (Å²) in [7, 11) is 0. The summed E-state index contributed by atoms with van der Waals surface area (Å²) >= 11 is 0. The minimum Gasteiger partial charge on any atom is -0.489 e. The van der Waals surface area contributed by atoms with Crippen LogP contribution in [0.3, 0.4) is 0 Å². The number of carbonyl (C=O) groups excluding carboxylic acids is 1. The van der Waals surface area contributed by atoms with Crippen molar-refractivity contribution in [1.82, 2.24) is 10.3 Å². The molecule has 0 bridgehead atoms. The second-order valence-electron chi connectivity index (χ2n) is 6.11. The quantitative estimate of drug-likeness (QED) is 0.845. The number of nitrogens with zero attached hydrogens (tertiary/aromatic N) is 1. The van der Waals surface area contributed by atoms with Crippen molar-refractivity contribution in [2.75, 3.05) is 11.9 Å². The van der Waals surface area contributed by atoms with E-state index in [-0.39, 0.29) is 18.2 Å². The van der Waals surface area contributed by atoms with Crippen LogP contribution in [0, 0.1) is 0 Å². The van der Waals surface area contributed by atoms with Gasteiger partial charge in [0.1, 0.15) is 12.4 Å². The van der Waals surface area contributed by atoms with E-state index in [1.807, 2.05) is 43.3 Å². The van der Waals surface area contributed by atoms with E-state index in [1.165, 1.54) is 0 Å². The van der Waals surface area contributed by atoms with Gasteiger partial charge in [0.2, 0.25) is 0 Å². The SMILES string of the molecule is CC(NC(=O)Nc1ccc(OCc2cccnc2)cc1)C1CCCO1. The first-order chi connectivity index (χ1) is 12.2. The molecule has 1 aliphatic rings. The summed E-state index contributed by atoms with van der Waals surface area (Å²) in [4.78, 5) is 16.1. The first kappa shape index (κ1) is 17.2. The lowest BCUT2D eigenvalue weighted by molar-refractivity contribution is 0.0868. The maximum absolute atomic E-state index is 12.1. The summed E-state index contributed by atoms with van der Waals surface area (Å²) in [6, 6.07) is 10.9. The number of aromatic nitrogens is 1. The van der Waals surface area contributed by atoms with Crippen LogP contribution in [0.5, 0.6) is 5.75 Å². The van der Waals surface area contributed by atoms with Crippen LogP contribution in [-0.2, 0) is 11.3 Å². The predicted octanol–water partition coefficient (Wildman–Crippen LogP) is 3.35. The number of urea groups is 1. The van der Waals surface area contributed by atoms with Crippen LogP contribution in [0.15, 0.2) is 48.8 Å². The van der Waals surface area contributed by atoms with E-state index in [4.69, 9.17) is 9.47 Å². The fraction of sp³-hybridized carbons (Fsp3) is 0.368. The lowest BCUT2D eigenvalue weighted by Gasteiger charge is -2.20. The number of hydrogen-bond acceptors (Lipinski definition) is 4. The number of ether oxygens (including phenoxy) is 2. The maximum Gasteiger partial charge on any atom is 0.319 e. The highest BCUT2D eigenvalue weighted by atomic mass is 16.5. The summed E-state index contributed by atoms with van der Waals surface area (Å²) < 4.78 is 11.3. The van der Waals surface area contributed by atoms with Crippen LogP contribution in [0.2, 0.25) is 0 Å². The van der Waals surface area contributed by atoms with Gasteiger partial charge in [-0.1, -0.05) is 6.07 Å². The van der Waals surface area contributed by atoms with E-state index in [0.717, 1.165) is 30.8 Å². The number of nitrogens with one attached hydrogen (secondary N) is 2. The first-order valence-corrected chi connectivity index (χ1v) is 8.51. The van der Waals surface area contributed by atoms with Crippen molar-refractivity contribution in [3.63, 3.8) is 0 Å². The van der Waals surface area contributed by atoms with Gasteiger partial charge in [-0.15, -0.1) is 0 Å². The number of rotatable bonds is 6. The molecule has 3 rings (SSSR count). The Labute approximate surface area is 147 Å². The number of benzene rings is 1. The molecule has 1 fully saturated rings. The fourth-order valence-electron chi connectivity index (χ4n) is 2.75. The minimum absolute atomic E-state index is 0.00964. The molecule has 2 amide bonds. The van der Waals surface area contributed by atoms with Gasteiger partial charge in [0.05, 0.1) is 12.1 Å². The van der Waals surface area contributed by atoms with Gasteiger partial charge in [-0.3, -0.25) is 4.98 Å². The third-order valence-electron chi connectivity index (χ3n) is 4.12. The molecule has 2 heterocycles. The van der Waals surface area contributed by atoms with E-state index in [1.54, 1.807) is 12.4 Å². The summed E-state index contributed by atoms with van der Waals surface area (Å²) in [6.07, 6.45) is 5.65. The Morgan fingerprint density at radius 2 is 2.20 bits per heavy atom. The Morgan fingerprint density at radius 3 is 2.88 bits per heavy atom. The molecule has 0 radical (unpaired) electrons. The molecule has 1 saturated heterocycles. The van der Waals surface area contributed by atoms with E-state index >= 15 is 0 Å². The topological polar surface area (TPSA) is 72.5 Å². The Bertz CT molecular complexity index is 670. The smallest absolute Gasteiger partial charge is 0.319 e. The summed E-state index contributed by atoms with van der Waals surface area (Å²) in [5, 5.41) is 5.74. The van der Waals surface area contributed by atoms with Gasteiger partial charge in [0.15, 0.2) is 0 Å². The van der Waals surface area contributed by atoms with Gasteiger partial charge in [0.25, 0.3) is 0 Å². The Hall–Kier alpha value is -2.60. The zero-order valence-electron chi connectivity index (χ0n) is 14.3. The Kier molecular flexibility index (Phi) is 5.85. The second-order valence-corrected chi connectivity index (χ2v) is 6.11. The van der Waals surface area contributed by atoms with Crippen LogP contribution in [0.25, 0.3) is 0 Å². The molecule has 1 aromatic carbocycles. The molecule has 2 aromatic rings. The van der Waals surface area contributed by atoms with Crippen LogP contribution >= 0.6 is 0 Å². The first-order valence-electron chi connectivity index (χ1n) is 8.51. The van der Waals surface area contributed by atoms with E-state index in [2.05, 4.69) is 15.6 Å². The number of carbonyl (C=O) groups is 1. The molecular weight excluding hydrogens is 318 g/mol. The van der Waals surface area contributed by atoms with Crippen LogP contribution in [0.4, 0.5) is 10.5 Å². The summed E-state index contributed by atoms with van der Waals surface area (Å²) in [5.74, 6) is 0.738. The van der Waals surface area contributed by atoms with E-state index in [0.29, 0.717) is 12.3 Å². The Morgan fingerprint density at radius 1 is 1.36 bits per heavy atom. The van der Waals surface area contributed by atoms with Crippen molar-refractivity contribution in [3.05, 3.63) is 54.4 Å². The normalized spacial score (nSPS) is 17.7. The van der Waals surface area contributed by atoms with Crippen molar-refractivity contribution < 1.29 is 14.3 Å². The molecule has 0 spiro atoms. The summed E-state index contributed by atoms with van der Waals surface area (Å²) in [6.45, 7) is 3.20. The molecule has 25 heavy (non-hydrogen) atoms. The number of amides is 2. The molecule has 1 aliphatic heterocycles. The highest BCUT2D eigenvalue weighted by Crippen LogP contribution is 2.18. The van der Waals surface area contributed by atoms with Gasteiger partial charge >= 0.3 is 6.03 Å². The van der Waals surface area contributed by atoms with Crippen molar-refractivity contribution in [2.45, 2.75) is 38.5 Å². The average molecular weight is 341 g/mol. The van der Waals surface area contributed by atoms with Gasteiger partial charge in [0, 0.05) is 30.3 Å². The zero-order chi connectivity index (χ0) is 17.5. The molecule has 2 unspecified atom stereocenters. The van der Waals surface area contributed by atoms with E-state index < -0.39 is 0 Å². The predicted molar refractivity (Wildman–Crippen MR) is 95.6 cm³/mol. The molecule has 0 aliphatic carbocycles. The lowest BCUT2D eigenvalue weighted by atomic mass is 10.1. The van der Waals surface area contributed by atoms with E-state index in [9.17, 15) is 4.79 Å². The van der Waals surface area contributed by atoms with Crippen LogP contribution in [0.1, 0.15) is 25.3 Å². The highest BCUT2D eigenvalue weighted by molar-refractivity contribution is 5.89. The molecule has 6 nitrogen and oxygen atoms in total. The molecule has 2 N–H and O–H groups in total. The number of pyridine rings is 1. The highest BCUT2D eigenvalue weighted by Gasteiger charge is 2.23. The largest absolute Gasteiger partial charge is 0.489 e. The van der Waals surface area contributed by atoms with Crippen molar-refractivity contribution in [3.8, 4) is 5.75 Å². The average Bonchev–Trinajstić information content (AvgIpc) is 3.17. The molecule has 132 valence electrons. The second kappa shape index (κ2) is 8.48. The van der Waals surface area contributed by atoms with Gasteiger partial charge in [-0.05, 0) is 50.1 Å². The fourth-order valence-corrected chi connectivity index (χ4v) is 2.75. The number of anilines is 1. The van der Waals surface area contributed by atoms with Crippen LogP contribution < -0.4 is 15.4 Å². The van der Waals surface area contributed by atoms with Gasteiger partial charge < -0.3 is 20.1 Å². The van der Waals surface area contributed by atoms with Gasteiger partial charge in [-0.2, -0.15) is 0 Å². The molecule has 6 heteroatoms. The summed E-state index contributed by atoms with van der Waals surface area (Å²) in [5.41, 5.74) is 1.72. The molecular formula is C19H23N3O3. The maximum atomic E-state index is 12.1. The van der Waals surface area contributed by atoms with Crippen molar-refractivity contribution in [1.29, 1.82) is 0 Å². The third kappa shape index (κ3) is 5.19. The van der Waals surface area contributed by atoms with Crippen molar-refractivity contribution in [2.24, 2.45) is 0 Å². The Balaban J connectivity index is 1.46. The van der Waals surface area contributed by atoms with Crippen LogP contribution in [-0.4, -0.2) is 29.8 Å². The zero-order valence-corrected chi connectivity index (χ0v) is 14.3. The van der Waals surface area contributed by atoms with Crippen molar-refractivity contribution >= 4 is 11.7 Å².